The molecule has 18 heavy (non-hydrogen) atoms. The minimum absolute atomic E-state index is 0.324. The van der Waals surface area contributed by atoms with E-state index in [1.165, 1.54) is 6.82 Å². The molecule has 0 aliphatic rings. The molecule has 0 radical (unpaired) electrons. The molecule has 2 rings (SSSR count). The summed E-state index contributed by atoms with van der Waals surface area (Å²) < 4.78 is 0. The first-order chi connectivity index (χ1) is 8.58. The Morgan fingerprint density at radius 3 is 2.89 bits per heavy atom. The third-order valence-corrected chi connectivity index (χ3v) is 2.84. The van der Waals surface area contributed by atoms with E-state index in [9.17, 15) is 9.82 Å². The van der Waals surface area contributed by atoms with E-state index in [0.717, 1.165) is 16.5 Å². The fraction of sp³-hybridized carbons (Fsp3) is 0.250. The van der Waals surface area contributed by atoms with Crippen LogP contribution in [0.25, 0.3) is 10.9 Å². The largest absolute Gasteiger partial charge is 0.480 e. The standard InChI is InChI=1S/C12H15BN2O3/c1-13(18)15-11(12(16)17)6-8-7-14-10-5-3-2-4-9(8)10/h2-5,7,11,14-15,18H,6H2,1H3,(H,16,17)/t11-/m1/s1. The Morgan fingerprint density at radius 2 is 2.22 bits per heavy atom. The maximum absolute atomic E-state index is 11.1. The summed E-state index contributed by atoms with van der Waals surface area (Å²) in [6, 6.07) is 6.92. The van der Waals surface area contributed by atoms with E-state index in [2.05, 4.69) is 10.2 Å². The summed E-state index contributed by atoms with van der Waals surface area (Å²) in [6.07, 6.45) is 2.13. The minimum Gasteiger partial charge on any atom is -0.480 e. The van der Waals surface area contributed by atoms with Gasteiger partial charge in [-0.25, -0.2) is 0 Å². The molecule has 0 fully saturated rings. The van der Waals surface area contributed by atoms with Crippen molar-refractivity contribution < 1.29 is 14.9 Å². The number of carboxylic acid groups (broad SMARTS) is 1. The van der Waals surface area contributed by atoms with Gasteiger partial charge in [0, 0.05) is 17.1 Å². The molecular formula is C12H15BN2O3. The van der Waals surface area contributed by atoms with E-state index in [4.69, 9.17) is 5.11 Å². The number of para-hydroxylation sites is 1. The van der Waals surface area contributed by atoms with Crippen LogP contribution in [0.5, 0.6) is 0 Å². The first kappa shape index (κ1) is 12.7. The third kappa shape index (κ3) is 2.72. The van der Waals surface area contributed by atoms with E-state index < -0.39 is 19.1 Å². The highest BCUT2D eigenvalue weighted by molar-refractivity contribution is 6.46. The maximum atomic E-state index is 11.1. The van der Waals surface area contributed by atoms with Crippen molar-refractivity contribution >= 4 is 23.9 Å². The predicted molar refractivity (Wildman–Crippen MR) is 70.4 cm³/mol. The van der Waals surface area contributed by atoms with Gasteiger partial charge >= 0.3 is 13.0 Å². The monoisotopic (exact) mass is 246 g/mol. The highest BCUT2D eigenvalue weighted by Crippen LogP contribution is 2.19. The van der Waals surface area contributed by atoms with Crippen LogP contribution >= 0.6 is 0 Å². The minimum atomic E-state index is -0.971. The zero-order chi connectivity index (χ0) is 13.1. The van der Waals surface area contributed by atoms with Crippen molar-refractivity contribution in [2.24, 2.45) is 0 Å². The molecule has 0 saturated heterocycles. The Bertz CT molecular complexity index is 553. The van der Waals surface area contributed by atoms with Crippen molar-refractivity contribution in [1.82, 2.24) is 10.2 Å². The first-order valence-corrected chi connectivity index (χ1v) is 5.80. The number of hydrogen-bond acceptors (Lipinski definition) is 3. The summed E-state index contributed by atoms with van der Waals surface area (Å²) >= 11 is 0. The van der Waals surface area contributed by atoms with Crippen molar-refractivity contribution in [2.45, 2.75) is 19.3 Å². The van der Waals surface area contributed by atoms with Crippen molar-refractivity contribution in [1.29, 1.82) is 0 Å². The number of aromatic nitrogens is 1. The number of carboxylic acids is 1. The maximum Gasteiger partial charge on any atom is 0.374 e. The molecular weight excluding hydrogens is 231 g/mol. The molecule has 2 aromatic rings. The van der Waals surface area contributed by atoms with E-state index in [0.29, 0.717) is 6.42 Å². The van der Waals surface area contributed by atoms with Gasteiger partial charge in [0.05, 0.1) is 0 Å². The zero-order valence-electron chi connectivity index (χ0n) is 10.1. The molecule has 0 aliphatic heterocycles. The molecule has 4 N–H and O–H groups in total. The number of benzene rings is 1. The van der Waals surface area contributed by atoms with Crippen LogP contribution < -0.4 is 5.23 Å². The van der Waals surface area contributed by atoms with E-state index in [1.807, 2.05) is 30.5 Å². The highest BCUT2D eigenvalue weighted by Gasteiger charge is 2.21. The van der Waals surface area contributed by atoms with Gasteiger partial charge in [-0.1, -0.05) is 18.2 Å². The Labute approximate surface area is 105 Å². The molecule has 0 saturated carbocycles. The molecule has 1 atom stereocenters. The lowest BCUT2D eigenvalue weighted by Gasteiger charge is -2.14. The SMILES string of the molecule is CB(O)N[C@H](Cc1c[nH]c2ccccc12)C(=O)O. The van der Waals surface area contributed by atoms with Crippen LogP contribution in [0.15, 0.2) is 30.5 Å². The van der Waals surface area contributed by atoms with Crippen molar-refractivity contribution in [2.75, 3.05) is 0 Å². The molecule has 0 aliphatic carbocycles. The summed E-state index contributed by atoms with van der Waals surface area (Å²) in [5, 5.41) is 22.0. The molecule has 0 bridgehead atoms. The van der Waals surface area contributed by atoms with E-state index >= 15 is 0 Å². The van der Waals surface area contributed by atoms with Crippen LogP contribution in [0, 0.1) is 0 Å². The average molecular weight is 246 g/mol. The summed E-state index contributed by atoms with van der Waals surface area (Å²) in [7, 11) is -0.851. The first-order valence-electron chi connectivity index (χ1n) is 5.80. The number of nitrogens with one attached hydrogen (secondary N) is 2. The number of H-pyrrole nitrogens is 1. The second kappa shape index (κ2) is 5.24. The van der Waals surface area contributed by atoms with Crippen LogP contribution in [-0.4, -0.2) is 34.2 Å². The average Bonchev–Trinajstić information content (AvgIpc) is 2.71. The zero-order valence-corrected chi connectivity index (χ0v) is 10.1. The van der Waals surface area contributed by atoms with Crippen LogP contribution in [-0.2, 0) is 11.2 Å². The molecule has 1 heterocycles. The molecule has 1 aromatic heterocycles. The number of carbonyl (C=O) groups is 1. The molecule has 0 spiro atoms. The van der Waals surface area contributed by atoms with Crippen LogP contribution in [0.3, 0.4) is 0 Å². The summed E-state index contributed by atoms with van der Waals surface area (Å²) in [6.45, 7) is 1.51. The predicted octanol–water partition coefficient (Wildman–Crippen LogP) is 0.863. The van der Waals surface area contributed by atoms with Crippen LogP contribution in [0.1, 0.15) is 5.56 Å². The van der Waals surface area contributed by atoms with Gasteiger partial charge in [-0.2, -0.15) is 0 Å². The summed E-state index contributed by atoms with van der Waals surface area (Å²) in [5.41, 5.74) is 1.90. The lowest BCUT2D eigenvalue weighted by atomic mass is 9.86. The van der Waals surface area contributed by atoms with Gasteiger partial charge in [0.1, 0.15) is 6.04 Å². The summed E-state index contributed by atoms with van der Waals surface area (Å²) in [4.78, 5) is 14.2. The second-order valence-corrected chi connectivity index (χ2v) is 4.30. The fourth-order valence-corrected chi connectivity index (χ4v) is 2.03. The fourth-order valence-electron chi connectivity index (χ4n) is 2.03. The number of aliphatic carboxylic acids is 1. The number of aromatic amines is 1. The van der Waals surface area contributed by atoms with Gasteiger partial charge in [0.25, 0.3) is 0 Å². The second-order valence-electron chi connectivity index (χ2n) is 4.30. The van der Waals surface area contributed by atoms with Gasteiger partial charge in [0.2, 0.25) is 0 Å². The third-order valence-electron chi connectivity index (χ3n) is 2.84. The van der Waals surface area contributed by atoms with Crippen LogP contribution in [0.4, 0.5) is 0 Å². The number of fused-ring (bicyclic) bond motifs is 1. The molecule has 0 amide bonds. The van der Waals surface area contributed by atoms with Gasteiger partial charge in [0.15, 0.2) is 0 Å². The highest BCUT2D eigenvalue weighted by atomic mass is 16.4. The Balaban J connectivity index is 2.23. The van der Waals surface area contributed by atoms with Gasteiger partial charge in [-0.05, 0) is 24.9 Å². The van der Waals surface area contributed by atoms with Crippen molar-refractivity contribution in [3.05, 3.63) is 36.0 Å². The van der Waals surface area contributed by atoms with E-state index in [1.54, 1.807) is 0 Å². The van der Waals surface area contributed by atoms with Gasteiger partial charge in [-0.3, -0.25) is 4.79 Å². The molecule has 6 heteroatoms. The molecule has 94 valence electrons. The number of hydrogen-bond donors (Lipinski definition) is 4. The Hall–Kier alpha value is -1.79. The Kier molecular flexibility index (Phi) is 3.69. The lowest BCUT2D eigenvalue weighted by molar-refractivity contribution is -0.139. The summed E-state index contributed by atoms with van der Waals surface area (Å²) in [5.74, 6) is -0.971. The van der Waals surface area contributed by atoms with Gasteiger partial charge < -0.3 is 20.3 Å². The van der Waals surface area contributed by atoms with Crippen molar-refractivity contribution in [3.8, 4) is 0 Å². The molecule has 1 aromatic carbocycles. The van der Waals surface area contributed by atoms with Gasteiger partial charge in [-0.15, -0.1) is 0 Å². The lowest BCUT2D eigenvalue weighted by Crippen LogP contribution is -2.46. The Morgan fingerprint density at radius 1 is 1.50 bits per heavy atom. The van der Waals surface area contributed by atoms with Crippen molar-refractivity contribution in [3.63, 3.8) is 0 Å². The topological polar surface area (TPSA) is 85.4 Å². The molecule has 0 unspecified atom stereocenters. The normalized spacial score (nSPS) is 12.6. The quantitative estimate of drug-likeness (QED) is 0.589. The molecule has 5 nitrogen and oxygen atoms in total. The smallest absolute Gasteiger partial charge is 0.374 e. The van der Waals surface area contributed by atoms with E-state index in [-0.39, 0.29) is 0 Å². The van der Waals surface area contributed by atoms with Crippen LogP contribution in [0.2, 0.25) is 6.82 Å². The number of rotatable bonds is 5.